The molecule has 0 bridgehead atoms. The monoisotopic (exact) mass is 317 g/mol. The number of methoxy groups -OCH3 is 1. The molecule has 6 nitrogen and oxygen atoms in total. The highest BCUT2D eigenvalue weighted by Crippen LogP contribution is 2.25. The van der Waals surface area contributed by atoms with E-state index in [2.05, 4.69) is 24.0 Å². The SMILES string of the molecule is COc1ccc2[nH]nc(C(=O)N3CCOCC3CC(C)C)c2c1. The summed E-state index contributed by atoms with van der Waals surface area (Å²) >= 11 is 0. The van der Waals surface area contributed by atoms with Gasteiger partial charge < -0.3 is 14.4 Å². The quantitative estimate of drug-likeness (QED) is 0.940. The first-order valence-corrected chi connectivity index (χ1v) is 8.01. The van der Waals surface area contributed by atoms with Crippen molar-refractivity contribution in [2.75, 3.05) is 26.9 Å². The van der Waals surface area contributed by atoms with Crippen LogP contribution in [0.1, 0.15) is 30.8 Å². The molecule has 1 aliphatic rings. The maximum atomic E-state index is 13.0. The van der Waals surface area contributed by atoms with Gasteiger partial charge in [0, 0.05) is 11.9 Å². The second kappa shape index (κ2) is 6.58. The molecule has 2 aromatic rings. The molecule has 124 valence electrons. The van der Waals surface area contributed by atoms with Crippen LogP contribution >= 0.6 is 0 Å². The van der Waals surface area contributed by atoms with Crippen LogP contribution in [0, 0.1) is 5.92 Å². The number of benzene rings is 1. The van der Waals surface area contributed by atoms with E-state index in [1.54, 1.807) is 7.11 Å². The summed E-state index contributed by atoms with van der Waals surface area (Å²) in [7, 11) is 1.61. The highest BCUT2D eigenvalue weighted by Gasteiger charge is 2.30. The van der Waals surface area contributed by atoms with Gasteiger partial charge in [-0.25, -0.2) is 0 Å². The van der Waals surface area contributed by atoms with Crippen LogP contribution in [0.2, 0.25) is 0 Å². The summed E-state index contributed by atoms with van der Waals surface area (Å²) in [6.45, 7) is 6.09. The van der Waals surface area contributed by atoms with Gasteiger partial charge in [0.15, 0.2) is 5.69 Å². The zero-order valence-electron chi connectivity index (χ0n) is 13.8. The van der Waals surface area contributed by atoms with Gasteiger partial charge in [0.2, 0.25) is 0 Å². The minimum Gasteiger partial charge on any atom is -0.497 e. The summed E-state index contributed by atoms with van der Waals surface area (Å²) in [6.07, 6.45) is 0.928. The number of H-pyrrole nitrogens is 1. The van der Waals surface area contributed by atoms with Crippen molar-refractivity contribution in [2.45, 2.75) is 26.3 Å². The van der Waals surface area contributed by atoms with E-state index < -0.39 is 0 Å². The third-order valence-corrected chi connectivity index (χ3v) is 4.20. The van der Waals surface area contributed by atoms with E-state index in [0.29, 0.717) is 37.1 Å². The van der Waals surface area contributed by atoms with Crippen LogP contribution in [0.25, 0.3) is 10.9 Å². The molecular weight excluding hydrogens is 294 g/mol. The second-order valence-electron chi connectivity index (χ2n) is 6.34. The summed E-state index contributed by atoms with van der Waals surface area (Å²) in [5.41, 5.74) is 1.29. The van der Waals surface area contributed by atoms with E-state index in [0.717, 1.165) is 17.3 Å². The van der Waals surface area contributed by atoms with Crippen LogP contribution in [0.15, 0.2) is 18.2 Å². The van der Waals surface area contributed by atoms with Gasteiger partial charge >= 0.3 is 0 Å². The van der Waals surface area contributed by atoms with Gasteiger partial charge in [-0.05, 0) is 30.5 Å². The highest BCUT2D eigenvalue weighted by molar-refractivity contribution is 6.05. The van der Waals surface area contributed by atoms with Crippen LogP contribution < -0.4 is 4.74 Å². The second-order valence-corrected chi connectivity index (χ2v) is 6.34. The van der Waals surface area contributed by atoms with Gasteiger partial charge in [0.1, 0.15) is 5.75 Å². The summed E-state index contributed by atoms with van der Waals surface area (Å²) in [4.78, 5) is 14.9. The third kappa shape index (κ3) is 3.17. The Kier molecular flexibility index (Phi) is 4.52. The van der Waals surface area contributed by atoms with E-state index >= 15 is 0 Å². The topological polar surface area (TPSA) is 67.5 Å². The van der Waals surface area contributed by atoms with E-state index in [9.17, 15) is 4.79 Å². The zero-order valence-corrected chi connectivity index (χ0v) is 13.8. The van der Waals surface area contributed by atoms with Crippen molar-refractivity contribution < 1.29 is 14.3 Å². The molecule has 1 aromatic heterocycles. The van der Waals surface area contributed by atoms with Crippen molar-refractivity contribution in [1.82, 2.24) is 15.1 Å². The standard InChI is InChI=1S/C17H23N3O3/c1-11(2)8-12-10-23-7-6-20(12)17(21)16-14-9-13(22-3)4-5-15(14)18-19-16/h4-5,9,11-12H,6-8,10H2,1-3H3,(H,18,19). The number of aromatic amines is 1. The fourth-order valence-corrected chi connectivity index (χ4v) is 3.08. The fourth-order valence-electron chi connectivity index (χ4n) is 3.08. The van der Waals surface area contributed by atoms with Crippen LogP contribution in [-0.2, 0) is 4.74 Å². The van der Waals surface area contributed by atoms with Gasteiger partial charge in [0.25, 0.3) is 5.91 Å². The van der Waals surface area contributed by atoms with E-state index in [-0.39, 0.29) is 11.9 Å². The molecule has 1 aliphatic heterocycles. The molecule has 1 saturated heterocycles. The molecule has 0 aliphatic carbocycles. The molecule has 1 atom stereocenters. The molecule has 0 radical (unpaired) electrons. The lowest BCUT2D eigenvalue weighted by atomic mass is 10.0. The number of amides is 1. The lowest BCUT2D eigenvalue weighted by molar-refractivity contribution is -0.00766. The lowest BCUT2D eigenvalue weighted by Gasteiger charge is -2.36. The molecular formula is C17H23N3O3. The summed E-state index contributed by atoms with van der Waals surface area (Å²) < 4.78 is 10.8. The first-order valence-electron chi connectivity index (χ1n) is 8.01. The maximum absolute atomic E-state index is 13.0. The van der Waals surface area contributed by atoms with Gasteiger partial charge in [-0.3, -0.25) is 9.89 Å². The van der Waals surface area contributed by atoms with E-state index in [1.165, 1.54) is 0 Å². The van der Waals surface area contributed by atoms with Gasteiger partial charge in [-0.15, -0.1) is 0 Å². The number of fused-ring (bicyclic) bond motifs is 1. The van der Waals surface area contributed by atoms with Gasteiger partial charge in [0.05, 0.1) is 31.9 Å². The number of morpholine rings is 1. The molecule has 3 rings (SSSR count). The third-order valence-electron chi connectivity index (χ3n) is 4.20. The molecule has 0 spiro atoms. The predicted octanol–water partition coefficient (Wildman–Crippen LogP) is 2.46. The van der Waals surface area contributed by atoms with Crippen LogP contribution in [0.4, 0.5) is 0 Å². The minimum atomic E-state index is -0.0431. The summed E-state index contributed by atoms with van der Waals surface area (Å²) in [6, 6.07) is 5.69. The Labute approximate surface area is 135 Å². The Morgan fingerprint density at radius 3 is 3.09 bits per heavy atom. The summed E-state index contributed by atoms with van der Waals surface area (Å²) in [5.74, 6) is 1.18. The fraction of sp³-hybridized carbons (Fsp3) is 0.529. The van der Waals surface area contributed by atoms with Crippen molar-refractivity contribution in [3.8, 4) is 5.75 Å². The van der Waals surface area contributed by atoms with Crippen LogP contribution in [0.5, 0.6) is 5.75 Å². The number of nitrogens with zero attached hydrogens (tertiary/aromatic N) is 2. The van der Waals surface area contributed by atoms with Gasteiger partial charge in [-0.1, -0.05) is 13.8 Å². The first-order chi connectivity index (χ1) is 11.1. The van der Waals surface area contributed by atoms with Gasteiger partial charge in [-0.2, -0.15) is 5.10 Å². The number of hydrogen-bond acceptors (Lipinski definition) is 4. The molecule has 2 heterocycles. The van der Waals surface area contributed by atoms with E-state index in [4.69, 9.17) is 9.47 Å². The molecule has 0 saturated carbocycles. The largest absolute Gasteiger partial charge is 0.497 e. The predicted molar refractivity (Wildman–Crippen MR) is 87.7 cm³/mol. The molecule has 23 heavy (non-hydrogen) atoms. The Hall–Kier alpha value is -2.08. The number of hydrogen-bond donors (Lipinski definition) is 1. The minimum absolute atomic E-state index is 0.0431. The number of carbonyl (C=O) groups is 1. The maximum Gasteiger partial charge on any atom is 0.275 e. The van der Waals surface area contributed by atoms with Crippen molar-refractivity contribution in [3.63, 3.8) is 0 Å². The number of ether oxygens (including phenoxy) is 2. The number of aromatic nitrogens is 2. The number of rotatable bonds is 4. The summed E-state index contributed by atoms with van der Waals surface area (Å²) in [5, 5.41) is 7.97. The van der Waals surface area contributed by atoms with Crippen molar-refractivity contribution >= 4 is 16.8 Å². The first kappa shape index (κ1) is 15.8. The molecule has 1 amide bonds. The lowest BCUT2D eigenvalue weighted by Crippen LogP contribution is -2.49. The normalized spacial score (nSPS) is 18.6. The van der Waals surface area contributed by atoms with E-state index in [1.807, 2.05) is 23.1 Å². The Balaban J connectivity index is 1.92. The molecule has 6 heteroatoms. The smallest absolute Gasteiger partial charge is 0.275 e. The van der Waals surface area contributed by atoms with Crippen LogP contribution in [0.3, 0.4) is 0 Å². The zero-order chi connectivity index (χ0) is 16.4. The van der Waals surface area contributed by atoms with Crippen molar-refractivity contribution in [2.24, 2.45) is 5.92 Å². The number of nitrogens with one attached hydrogen (secondary N) is 1. The number of carbonyl (C=O) groups excluding carboxylic acids is 1. The highest BCUT2D eigenvalue weighted by atomic mass is 16.5. The van der Waals surface area contributed by atoms with Crippen LogP contribution in [-0.4, -0.2) is 53.9 Å². The average Bonchev–Trinajstić information content (AvgIpc) is 2.97. The Morgan fingerprint density at radius 2 is 2.35 bits per heavy atom. The Bertz CT molecular complexity index is 695. The van der Waals surface area contributed by atoms with Crippen molar-refractivity contribution in [1.29, 1.82) is 0 Å². The molecule has 1 unspecified atom stereocenters. The average molecular weight is 317 g/mol. The Morgan fingerprint density at radius 1 is 1.52 bits per heavy atom. The molecule has 1 aromatic carbocycles. The molecule has 1 N–H and O–H groups in total. The molecule has 1 fully saturated rings. The van der Waals surface area contributed by atoms with Crippen molar-refractivity contribution in [3.05, 3.63) is 23.9 Å².